The minimum absolute atomic E-state index is 0.214. The zero-order valence-corrected chi connectivity index (χ0v) is 9.27. The second-order valence-corrected chi connectivity index (χ2v) is 3.16. The first kappa shape index (κ1) is 13.0. The average molecular weight is 245 g/mol. The number of carbonyl (C=O) groups excluding carboxylic acids is 1. The second-order valence-electron chi connectivity index (χ2n) is 3.16. The molecule has 8 nitrogen and oxygen atoms in total. The van der Waals surface area contributed by atoms with Crippen molar-refractivity contribution in [2.75, 3.05) is 10.7 Å². The Morgan fingerprint density at radius 2 is 1.83 bits per heavy atom. The normalized spacial score (nSPS) is 10.3. The van der Waals surface area contributed by atoms with E-state index in [0.717, 1.165) is 0 Å². The fourth-order valence-corrected chi connectivity index (χ4v) is 1.04. The maximum absolute atomic E-state index is 10.6. The number of nitrogens with two attached hydrogens (primary N) is 2. The molecule has 0 saturated heterocycles. The molecule has 1 aromatic rings. The predicted molar refractivity (Wildman–Crippen MR) is 68.2 cm³/mol. The fourth-order valence-electron chi connectivity index (χ4n) is 1.04. The molecule has 0 fully saturated rings. The van der Waals surface area contributed by atoms with Gasteiger partial charge in [-0.15, -0.1) is 0 Å². The van der Waals surface area contributed by atoms with Gasteiger partial charge in [-0.05, 0) is 24.3 Å². The number of urea groups is 1. The number of carbonyl (C=O) groups is 1. The minimum atomic E-state index is -0.655. The number of benzene rings is 1. The van der Waals surface area contributed by atoms with E-state index < -0.39 is 11.9 Å². The third-order valence-corrected chi connectivity index (χ3v) is 1.81. The molecule has 0 atom stereocenters. The Bertz CT molecular complexity index is 526. The number of nitrogens with zero attached hydrogens (tertiary/aromatic N) is 2. The molecule has 0 aliphatic rings. The number of primary amides is 1. The van der Waals surface area contributed by atoms with E-state index in [0.29, 0.717) is 11.4 Å². The smallest absolute Gasteiger partial charge is 0.316 e. The van der Waals surface area contributed by atoms with Crippen molar-refractivity contribution < 1.29 is 4.79 Å². The molecule has 8 heteroatoms. The van der Waals surface area contributed by atoms with E-state index in [-0.39, 0.29) is 5.71 Å². The van der Waals surface area contributed by atoms with Crippen LogP contribution in [0.1, 0.15) is 0 Å². The molecule has 0 aliphatic heterocycles. The minimum Gasteiger partial charge on any atom is -0.382 e. The number of hydrogen-bond donors (Lipinski definition) is 5. The second kappa shape index (κ2) is 5.86. The van der Waals surface area contributed by atoms with Crippen molar-refractivity contribution in [2.45, 2.75) is 0 Å². The molecule has 0 unspecified atom stereocenters. The first-order valence-electron chi connectivity index (χ1n) is 4.77. The van der Waals surface area contributed by atoms with Crippen LogP contribution in [0.15, 0.2) is 29.4 Å². The highest BCUT2D eigenvalue weighted by Crippen LogP contribution is 2.13. The number of anilines is 2. The lowest BCUT2D eigenvalue weighted by Crippen LogP contribution is -2.21. The van der Waals surface area contributed by atoms with Crippen LogP contribution < -0.4 is 22.2 Å². The Morgan fingerprint density at radius 3 is 2.28 bits per heavy atom. The maximum Gasteiger partial charge on any atom is 0.316 e. The van der Waals surface area contributed by atoms with Crippen LogP contribution in [-0.4, -0.2) is 17.6 Å². The first-order chi connectivity index (χ1) is 8.52. The van der Waals surface area contributed by atoms with Crippen LogP contribution in [0.25, 0.3) is 0 Å². The van der Waals surface area contributed by atoms with Crippen LogP contribution in [0.2, 0.25) is 0 Å². The van der Waals surface area contributed by atoms with Gasteiger partial charge in [-0.3, -0.25) is 10.8 Å². The van der Waals surface area contributed by atoms with Crippen LogP contribution in [0.4, 0.5) is 16.2 Å². The summed E-state index contributed by atoms with van der Waals surface area (Å²) in [5.74, 6) is -0.419. The molecule has 0 radical (unpaired) electrons. The number of amides is 2. The highest BCUT2D eigenvalue weighted by Gasteiger charge is 2.01. The topological polar surface area (TPSA) is 153 Å². The van der Waals surface area contributed by atoms with Crippen LogP contribution in [0, 0.1) is 16.7 Å². The summed E-state index contributed by atoms with van der Waals surface area (Å²) in [6, 6.07) is 7.45. The number of hydrazone groups is 1. The van der Waals surface area contributed by atoms with Gasteiger partial charge in [0.25, 0.3) is 0 Å². The summed E-state index contributed by atoms with van der Waals surface area (Å²) in [7, 11) is 0. The van der Waals surface area contributed by atoms with Crippen LogP contribution in [0.5, 0.6) is 0 Å². The standard InChI is InChI=1S/C10H11N7O/c11-5-8(9(12)13)17-16-7-3-1-6(2-4-7)15-10(14)18/h1-4,16H,(H3,12,13)(H3,14,15,18)/b17-8+. The van der Waals surface area contributed by atoms with Gasteiger partial charge >= 0.3 is 6.03 Å². The molecular formula is C10H11N7O. The zero-order chi connectivity index (χ0) is 13.5. The van der Waals surface area contributed by atoms with E-state index >= 15 is 0 Å². The Kier molecular flexibility index (Phi) is 4.22. The van der Waals surface area contributed by atoms with E-state index in [1.54, 1.807) is 30.3 Å². The van der Waals surface area contributed by atoms with E-state index in [4.69, 9.17) is 22.1 Å². The van der Waals surface area contributed by atoms with E-state index in [1.165, 1.54) is 0 Å². The van der Waals surface area contributed by atoms with Crippen LogP contribution in [-0.2, 0) is 0 Å². The lowest BCUT2D eigenvalue weighted by atomic mass is 10.3. The quantitative estimate of drug-likeness (QED) is 0.296. The lowest BCUT2D eigenvalue weighted by Gasteiger charge is -2.04. The largest absolute Gasteiger partial charge is 0.382 e. The number of rotatable bonds is 4. The van der Waals surface area contributed by atoms with Crippen molar-refractivity contribution in [3.63, 3.8) is 0 Å². The summed E-state index contributed by atoms with van der Waals surface area (Å²) in [6.07, 6.45) is 0. The summed E-state index contributed by atoms with van der Waals surface area (Å²) in [6.45, 7) is 0. The highest BCUT2D eigenvalue weighted by molar-refractivity contribution is 6.45. The molecular weight excluding hydrogens is 234 g/mol. The SMILES string of the molecule is N#C/C(=N\Nc1ccc(NC(N)=O)cc1)C(=N)N. The molecule has 0 aliphatic carbocycles. The predicted octanol–water partition coefficient (Wildman–Crippen LogP) is 0.405. The highest BCUT2D eigenvalue weighted by atomic mass is 16.2. The van der Waals surface area contributed by atoms with E-state index in [2.05, 4.69) is 15.8 Å². The molecule has 0 aromatic heterocycles. The molecule has 2 amide bonds. The van der Waals surface area contributed by atoms with Gasteiger partial charge in [0.1, 0.15) is 6.07 Å². The Hall–Kier alpha value is -3.08. The Morgan fingerprint density at radius 1 is 1.28 bits per heavy atom. The Labute approximate surface area is 103 Å². The van der Waals surface area contributed by atoms with Crippen molar-refractivity contribution in [1.82, 2.24) is 0 Å². The molecule has 18 heavy (non-hydrogen) atoms. The summed E-state index contributed by atoms with van der Waals surface area (Å²) in [4.78, 5) is 10.6. The third kappa shape index (κ3) is 3.82. The average Bonchev–Trinajstić information content (AvgIpc) is 2.31. The van der Waals surface area contributed by atoms with Gasteiger partial charge in [0, 0.05) is 5.69 Å². The van der Waals surface area contributed by atoms with Gasteiger partial charge in [0.15, 0.2) is 5.84 Å². The molecule has 0 spiro atoms. The van der Waals surface area contributed by atoms with Gasteiger partial charge < -0.3 is 16.8 Å². The van der Waals surface area contributed by atoms with Crippen molar-refractivity contribution in [1.29, 1.82) is 10.7 Å². The van der Waals surface area contributed by atoms with Gasteiger partial charge in [-0.25, -0.2) is 4.79 Å². The molecule has 0 heterocycles. The van der Waals surface area contributed by atoms with Crippen molar-refractivity contribution in [2.24, 2.45) is 16.6 Å². The maximum atomic E-state index is 10.6. The van der Waals surface area contributed by atoms with Crippen molar-refractivity contribution >= 4 is 29.0 Å². The number of nitrogens with one attached hydrogen (secondary N) is 3. The molecule has 0 bridgehead atoms. The van der Waals surface area contributed by atoms with Crippen molar-refractivity contribution in [3.8, 4) is 6.07 Å². The molecule has 1 rings (SSSR count). The van der Waals surface area contributed by atoms with Crippen molar-refractivity contribution in [3.05, 3.63) is 24.3 Å². The van der Waals surface area contributed by atoms with Gasteiger partial charge in [-0.2, -0.15) is 10.4 Å². The van der Waals surface area contributed by atoms with E-state index in [1.807, 2.05) is 0 Å². The molecule has 0 saturated carbocycles. The van der Waals surface area contributed by atoms with Gasteiger partial charge in [0.2, 0.25) is 5.71 Å². The number of nitriles is 1. The molecule has 1 aromatic carbocycles. The monoisotopic (exact) mass is 245 g/mol. The van der Waals surface area contributed by atoms with Gasteiger partial charge in [-0.1, -0.05) is 0 Å². The fraction of sp³-hybridized carbons (Fsp3) is 0. The van der Waals surface area contributed by atoms with E-state index in [9.17, 15) is 4.79 Å². The van der Waals surface area contributed by atoms with Crippen LogP contribution >= 0.6 is 0 Å². The van der Waals surface area contributed by atoms with Crippen LogP contribution in [0.3, 0.4) is 0 Å². The molecule has 7 N–H and O–H groups in total. The third-order valence-electron chi connectivity index (χ3n) is 1.81. The number of amidine groups is 1. The summed E-state index contributed by atoms with van der Waals surface area (Å²) in [5.41, 5.74) is 13.5. The number of hydrogen-bond acceptors (Lipinski definition) is 5. The van der Waals surface area contributed by atoms with Gasteiger partial charge in [0.05, 0.1) is 5.69 Å². The lowest BCUT2D eigenvalue weighted by molar-refractivity contribution is 0.259. The summed E-state index contributed by atoms with van der Waals surface area (Å²) in [5, 5.41) is 21.7. The first-order valence-corrected chi connectivity index (χ1v) is 4.77. The summed E-state index contributed by atoms with van der Waals surface area (Å²) >= 11 is 0. The zero-order valence-electron chi connectivity index (χ0n) is 9.27. The Balaban J connectivity index is 2.73. The molecule has 92 valence electrons. The summed E-state index contributed by atoms with van der Waals surface area (Å²) < 4.78 is 0.